The Hall–Kier alpha value is -1.79. The molecule has 26 heavy (non-hydrogen) atoms. The van der Waals surface area contributed by atoms with Gasteiger partial charge in [-0.15, -0.1) is 0 Å². The Kier molecular flexibility index (Phi) is 3.24. The lowest BCUT2D eigenvalue weighted by Crippen LogP contribution is -2.74. The van der Waals surface area contributed by atoms with E-state index in [1.54, 1.807) is 7.11 Å². The van der Waals surface area contributed by atoms with Gasteiger partial charge in [-0.25, -0.2) is 0 Å². The van der Waals surface area contributed by atoms with E-state index in [0.29, 0.717) is 18.1 Å². The van der Waals surface area contributed by atoms with Crippen molar-refractivity contribution in [1.82, 2.24) is 4.90 Å². The molecule has 1 spiro atoms. The summed E-state index contributed by atoms with van der Waals surface area (Å²) in [7, 11) is 3.74. The highest BCUT2D eigenvalue weighted by molar-refractivity contribution is 5.67. The highest BCUT2D eigenvalue weighted by Gasteiger charge is 2.76. The number of nitrogens with zero attached hydrogens (tertiary/aromatic N) is 1. The summed E-state index contributed by atoms with van der Waals surface area (Å²) >= 11 is 0. The molecule has 2 bridgehead atoms. The molecule has 2 heterocycles. The summed E-state index contributed by atoms with van der Waals surface area (Å²) in [5.41, 5.74) is -1.39. The number of hydrogen-bond acceptors (Lipinski definition) is 6. The third-order valence-corrected chi connectivity index (χ3v) is 7.33. The standard InChI is InChI=1S/C20H25NO5/c1-11(22)25-14-6-7-20(23)15-10-12-4-5-13(24-3)17-16(12)19(20,18(14)26-17)8-9-21(15)2/h4-6,12,15-16,18,23H,7-10H2,1-3H3/t12?,15-,16?,18+,19+,20-/m1/s1. The van der Waals surface area contributed by atoms with Crippen LogP contribution in [0.1, 0.15) is 26.2 Å². The minimum atomic E-state index is -0.902. The van der Waals surface area contributed by atoms with Crippen LogP contribution in [-0.2, 0) is 19.0 Å². The molecule has 0 aromatic rings. The summed E-state index contributed by atoms with van der Waals surface area (Å²) in [5, 5.41) is 12.0. The molecule has 0 aromatic heterocycles. The Balaban J connectivity index is 1.73. The van der Waals surface area contributed by atoms with E-state index >= 15 is 0 Å². The maximum Gasteiger partial charge on any atom is 0.307 e. The lowest BCUT2D eigenvalue weighted by Gasteiger charge is -2.64. The molecule has 6 nitrogen and oxygen atoms in total. The largest absolute Gasteiger partial charge is 0.493 e. The number of ether oxygens (including phenoxy) is 3. The third kappa shape index (κ3) is 1.72. The van der Waals surface area contributed by atoms with E-state index < -0.39 is 17.1 Å². The lowest BCUT2D eigenvalue weighted by molar-refractivity contribution is -0.232. The van der Waals surface area contributed by atoms with Gasteiger partial charge in [0.15, 0.2) is 11.9 Å². The maximum atomic E-state index is 12.0. The normalized spacial score (nSPS) is 45.6. The smallest absolute Gasteiger partial charge is 0.307 e. The summed E-state index contributed by atoms with van der Waals surface area (Å²) in [6.45, 7) is 2.30. The van der Waals surface area contributed by atoms with E-state index in [1.165, 1.54) is 6.92 Å². The summed E-state index contributed by atoms with van der Waals surface area (Å²) in [5.74, 6) is 2.07. The molecular formula is C20H25NO5. The minimum Gasteiger partial charge on any atom is -0.493 e. The molecule has 2 unspecified atom stereocenters. The van der Waals surface area contributed by atoms with Gasteiger partial charge in [0, 0.05) is 25.3 Å². The first kappa shape index (κ1) is 16.4. The Morgan fingerprint density at radius 3 is 3.00 bits per heavy atom. The molecule has 0 radical (unpaired) electrons. The monoisotopic (exact) mass is 359 g/mol. The number of esters is 1. The summed E-state index contributed by atoms with van der Waals surface area (Å²) in [6.07, 6.45) is 7.77. The Bertz CT molecular complexity index is 770. The molecule has 5 aliphatic rings. The van der Waals surface area contributed by atoms with Crippen LogP contribution in [0.3, 0.4) is 0 Å². The number of carbonyl (C=O) groups is 1. The number of likely N-dealkylation sites (tertiary alicyclic amines) is 1. The van der Waals surface area contributed by atoms with Gasteiger partial charge in [-0.3, -0.25) is 4.79 Å². The van der Waals surface area contributed by atoms with Crippen molar-refractivity contribution in [3.05, 3.63) is 35.5 Å². The summed E-state index contributed by atoms with van der Waals surface area (Å²) < 4.78 is 17.5. The number of methoxy groups -OCH3 is 1. The second kappa shape index (κ2) is 5.14. The molecule has 0 amide bonds. The molecule has 3 aliphatic carbocycles. The molecule has 0 aromatic carbocycles. The fourth-order valence-corrected chi connectivity index (χ4v) is 6.36. The van der Waals surface area contributed by atoms with Crippen LogP contribution >= 0.6 is 0 Å². The van der Waals surface area contributed by atoms with Gasteiger partial charge < -0.3 is 24.2 Å². The Labute approximate surface area is 153 Å². The zero-order valence-electron chi connectivity index (χ0n) is 15.4. The predicted molar refractivity (Wildman–Crippen MR) is 92.5 cm³/mol. The van der Waals surface area contributed by atoms with E-state index in [9.17, 15) is 9.90 Å². The molecule has 2 saturated heterocycles. The third-order valence-electron chi connectivity index (χ3n) is 7.33. The van der Waals surface area contributed by atoms with Crippen molar-refractivity contribution in [3.8, 4) is 0 Å². The molecule has 2 aliphatic heterocycles. The summed E-state index contributed by atoms with van der Waals surface area (Å²) in [4.78, 5) is 13.9. The van der Waals surface area contributed by atoms with Gasteiger partial charge in [0.25, 0.3) is 0 Å². The van der Waals surface area contributed by atoms with E-state index in [1.807, 2.05) is 12.2 Å². The van der Waals surface area contributed by atoms with Gasteiger partial charge in [0.05, 0.1) is 18.1 Å². The van der Waals surface area contributed by atoms with Crippen LogP contribution in [0.15, 0.2) is 35.5 Å². The van der Waals surface area contributed by atoms with E-state index in [4.69, 9.17) is 14.2 Å². The predicted octanol–water partition coefficient (Wildman–Crippen LogP) is 1.72. The van der Waals surface area contributed by atoms with Crippen LogP contribution < -0.4 is 0 Å². The first-order valence-electron chi connectivity index (χ1n) is 9.36. The van der Waals surface area contributed by atoms with Gasteiger partial charge in [-0.05, 0) is 44.5 Å². The number of carbonyl (C=O) groups excluding carboxylic acids is 1. The van der Waals surface area contributed by atoms with Crippen LogP contribution in [0.2, 0.25) is 0 Å². The first-order valence-corrected chi connectivity index (χ1v) is 9.36. The molecule has 5 rings (SSSR count). The van der Waals surface area contributed by atoms with E-state index in [2.05, 4.69) is 18.0 Å². The molecule has 1 saturated carbocycles. The zero-order chi connectivity index (χ0) is 18.3. The van der Waals surface area contributed by atoms with Crippen molar-refractivity contribution in [2.45, 2.75) is 43.9 Å². The fourth-order valence-electron chi connectivity index (χ4n) is 6.36. The van der Waals surface area contributed by atoms with Crippen molar-refractivity contribution in [2.75, 3.05) is 20.7 Å². The SMILES string of the molecule is COC1=C2O[C@H]3C(OC(C)=O)=CC[C@@]4(O)[C@H]5CC(C=C1)C2[C@@]34CCN5C. The number of allylic oxidation sites excluding steroid dienone is 3. The zero-order valence-corrected chi connectivity index (χ0v) is 15.4. The maximum absolute atomic E-state index is 12.0. The molecule has 6 atom stereocenters. The fraction of sp³-hybridized carbons (Fsp3) is 0.650. The average molecular weight is 359 g/mol. The first-order chi connectivity index (χ1) is 12.4. The molecular weight excluding hydrogens is 334 g/mol. The van der Waals surface area contributed by atoms with Gasteiger partial charge in [0.2, 0.25) is 0 Å². The van der Waals surface area contributed by atoms with Crippen LogP contribution in [0.4, 0.5) is 0 Å². The minimum absolute atomic E-state index is 0.0571. The Morgan fingerprint density at radius 2 is 2.27 bits per heavy atom. The van der Waals surface area contributed by atoms with Crippen LogP contribution in [0, 0.1) is 17.3 Å². The highest BCUT2D eigenvalue weighted by Crippen LogP contribution is 2.69. The van der Waals surface area contributed by atoms with Crippen LogP contribution in [-0.4, -0.2) is 54.4 Å². The van der Waals surface area contributed by atoms with E-state index in [0.717, 1.165) is 30.9 Å². The van der Waals surface area contributed by atoms with Gasteiger partial charge in [-0.1, -0.05) is 6.08 Å². The van der Waals surface area contributed by atoms with Gasteiger partial charge in [-0.2, -0.15) is 0 Å². The van der Waals surface area contributed by atoms with Crippen molar-refractivity contribution >= 4 is 5.97 Å². The van der Waals surface area contributed by atoms with E-state index in [-0.39, 0.29) is 17.9 Å². The second-order valence-electron chi connectivity index (χ2n) is 8.28. The van der Waals surface area contributed by atoms with Crippen LogP contribution in [0.25, 0.3) is 0 Å². The lowest BCUT2D eigenvalue weighted by atomic mass is 9.45. The molecule has 3 fully saturated rings. The van der Waals surface area contributed by atoms with Gasteiger partial charge >= 0.3 is 5.97 Å². The number of hydrogen-bond donors (Lipinski definition) is 1. The van der Waals surface area contributed by atoms with Crippen molar-refractivity contribution in [2.24, 2.45) is 17.3 Å². The number of likely N-dealkylation sites (N-methyl/N-ethyl adjacent to an activating group) is 1. The van der Waals surface area contributed by atoms with Crippen LogP contribution in [0.5, 0.6) is 0 Å². The van der Waals surface area contributed by atoms with Crippen molar-refractivity contribution in [3.63, 3.8) is 0 Å². The van der Waals surface area contributed by atoms with Crippen molar-refractivity contribution < 1.29 is 24.1 Å². The quantitative estimate of drug-likeness (QED) is 0.758. The molecule has 140 valence electrons. The second-order valence-corrected chi connectivity index (χ2v) is 8.28. The Morgan fingerprint density at radius 1 is 1.46 bits per heavy atom. The molecule has 1 N–H and O–H groups in total. The highest BCUT2D eigenvalue weighted by atomic mass is 16.6. The number of aliphatic hydroxyl groups is 1. The average Bonchev–Trinajstić information content (AvgIpc) is 2.95. The molecule has 6 heteroatoms. The summed E-state index contributed by atoms with van der Waals surface area (Å²) in [6, 6.07) is 0.0619. The number of piperidine rings is 1. The van der Waals surface area contributed by atoms with Crippen molar-refractivity contribution in [1.29, 1.82) is 0 Å². The van der Waals surface area contributed by atoms with Gasteiger partial charge in [0.1, 0.15) is 11.5 Å². The number of rotatable bonds is 2. The topological polar surface area (TPSA) is 68.2 Å².